The Labute approximate surface area is 114 Å². The molecule has 1 aromatic rings. The SMILES string of the molecule is O=C(CC1CCCN1)Nc1ccc2c(c1)CCCC2. The van der Waals surface area contributed by atoms with Crippen molar-refractivity contribution in [3.8, 4) is 0 Å². The third-order valence-corrected chi connectivity index (χ3v) is 4.23. The molecule has 1 aliphatic carbocycles. The van der Waals surface area contributed by atoms with Gasteiger partial charge in [-0.2, -0.15) is 0 Å². The van der Waals surface area contributed by atoms with Crippen LogP contribution in [0.2, 0.25) is 0 Å². The van der Waals surface area contributed by atoms with E-state index in [2.05, 4.69) is 22.8 Å². The molecule has 0 aromatic heterocycles. The smallest absolute Gasteiger partial charge is 0.225 e. The maximum atomic E-state index is 12.0. The number of anilines is 1. The van der Waals surface area contributed by atoms with E-state index >= 15 is 0 Å². The van der Waals surface area contributed by atoms with Crippen LogP contribution in [0.3, 0.4) is 0 Å². The van der Waals surface area contributed by atoms with Crippen molar-refractivity contribution >= 4 is 11.6 Å². The average molecular weight is 258 g/mol. The number of hydrogen-bond donors (Lipinski definition) is 2. The molecule has 102 valence electrons. The summed E-state index contributed by atoms with van der Waals surface area (Å²) in [4.78, 5) is 12.0. The van der Waals surface area contributed by atoms with Crippen molar-refractivity contribution < 1.29 is 4.79 Å². The first-order chi connectivity index (χ1) is 9.31. The molecule has 19 heavy (non-hydrogen) atoms. The zero-order valence-electron chi connectivity index (χ0n) is 11.4. The monoisotopic (exact) mass is 258 g/mol. The molecule has 1 atom stereocenters. The molecule has 1 amide bonds. The zero-order valence-corrected chi connectivity index (χ0v) is 11.4. The topological polar surface area (TPSA) is 41.1 Å². The van der Waals surface area contributed by atoms with Gasteiger partial charge in [0, 0.05) is 18.2 Å². The van der Waals surface area contributed by atoms with Gasteiger partial charge in [-0.3, -0.25) is 4.79 Å². The van der Waals surface area contributed by atoms with E-state index in [-0.39, 0.29) is 5.91 Å². The molecule has 1 saturated heterocycles. The van der Waals surface area contributed by atoms with Crippen molar-refractivity contribution in [1.82, 2.24) is 5.32 Å². The van der Waals surface area contributed by atoms with Crippen molar-refractivity contribution in [2.75, 3.05) is 11.9 Å². The van der Waals surface area contributed by atoms with Gasteiger partial charge in [-0.25, -0.2) is 0 Å². The summed E-state index contributed by atoms with van der Waals surface area (Å²) in [5.74, 6) is 0.134. The number of aryl methyl sites for hydroxylation is 2. The number of amides is 1. The molecule has 0 bridgehead atoms. The van der Waals surface area contributed by atoms with Gasteiger partial charge in [-0.05, 0) is 68.3 Å². The summed E-state index contributed by atoms with van der Waals surface area (Å²) in [6.07, 6.45) is 7.83. The summed E-state index contributed by atoms with van der Waals surface area (Å²) in [6, 6.07) is 6.76. The maximum Gasteiger partial charge on any atom is 0.225 e. The fraction of sp³-hybridized carbons (Fsp3) is 0.562. The molecular formula is C16H22N2O. The zero-order chi connectivity index (χ0) is 13.1. The summed E-state index contributed by atoms with van der Waals surface area (Å²) in [5.41, 5.74) is 3.84. The third kappa shape index (κ3) is 3.16. The molecule has 0 spiro atoms. The molecule has 1 heterocycles. The second-order valence-electron chi connectivity index (χ2n) is 5.74. The number of rotatable bonds is 3. The first kappa shape index (κ1) is 12.7. The van der Waals surface area contributed by atoms with Gasteiger partial charge in [-0.15, -0.1) is 0 Å². The summed E-state index contributed by atoms with van der Waals surface area (Å²) in [5, 5.41) is 6.40. The number of fused-ring (bicyclic) bond motifs is 1. The number of carbonyl (C=O) groups is 1. The highest BCUT2D eigenvalue weighted by Crippen LogP contribution is 2.24. The number of carbonyl (C=O) groups excluding carboxylic acids is 1. The Hall–Kier alpha value is -1.35. The van der Waals surface area contributed by atoms with Crippen molar-refractivity contribution in [3.63, 3.8) is 0 Å². The van der Waals surface area contributed by atoms with E-state index < -0.39 is 0 Å². The molecule has 2 N–H and O–H groups in total. The van der Waals surface area contributed by atoms with E-state index in [9.17, 15) is 4.79 Å². The molecule has 1 fully saturated rings. The van der Waals surface area contributed by atoms with Crippen LogP contribution in [0.4, 0.5) is 5.69 Å². The van der Waals surface area contributed by atoms with Crippen LogP contribution in [-0.4, -0.2) is 18.5 Å². The van der Waals surface area contributed by atoms with Crippen LogP contribution in [-0.2, 0) is 17.6 Å². The highest BCUT2D eigenvalue weighted by atomic mass is 16.1. The number of nitrogens with one attached hydrogen (secondary N) is 2. The summed E-state index contributed by atoms with van der Waals surface area (Å²) >= 11 is 0. The van der Waals surface area contributed by atoms with E-state index in [1.54, 1.807) is 0 Å². The Morgan fingerprint density at radius 3 is 2.84 bits per heavy atom. The van der Waals surface area contributed by atoms with Crippen molar-refractivity contribution in [2.24, 2.45) is 0 Å². The number of benzene rings is 1. The molecule has 3 nitrogen and oxygen atoms in total. The van der Waals surface area contributed by atoms with Gasteiger partial charge in [0.1, 0.15) is 0 Å². The van der Waals surface area contributed by atoms with Crippen LogP contribution in [0.5, 0.6) is 0 Å². The largest absolute Gasteiger partial charge is 0.326 e. The van der Waals surface area contributed by atoms with Crippen molar-refractivity contribution in [2.45, 2.75) is 51.0 Å². The Balaban J connectivity index is 1.61. The lowest BCUT2D eigenvalue weighted by Gasteiger charge is -2.17. The molecule has 1 unspecified atom stereocenters. The third-order valence-electron chi connectivity index (χ3n) is 4.23. The summed E-state index contributed by atoms with van der Waals surface area (Å²) < 4.78 is 0. The fourth-order valence-corrected chi connectivity index (χ4v) is 3.18. The van der Waals surface area contributed by atoms with Crippen LogP contribution in [0, 0.1) is 0 Å². The summed E-state index contributed by atoms with van der Waals surface area (Å²) in [6.45, 7) is 1.05. The number of hydrogen-bond acceptors (Lipinski definition) is 2. The lowest BCUT2D eigenvalue weighted by molar-refractivity contribution is -0.116. The van der Waals surface area contributed by atoms with Crippen LogP contribution in [0.15, 0.2) is 18.2 Å². The first-order valence-corrected chi connectivity index (χ1v) is 7.46. The highest BCUT2D eigenvalue weighted by Gasteiger charge is 2.18. The predicted octanol–water partition coefficient (Wildman–Crippen LogP) is 2.65. The fourth-order valence-electron chi connectivity index (χ4n) is 3.18. The quantitative estimate of drug-likeness (QED) is 0.875. The van der Waals surface area contributed by atoms with E-state index in [0.717, 1.165) is 25.1 Å². The lowest BCUT2D eigenvalue weighted by Crippen LogP contribution is -2.27. The molecule has 1 aromatic carbocycles. The van der Waals surface area contributed by atoms with Gasteiger partial charge in [-0.1, -0.05) is 6.07 Å². The molecule has 3 heteroatoms. The van der Waals surface area contributed by atoms with E-state index in [1.165, 1.54) is 36.8 Å². The molecule has 0 saturated carbocycles. The van der Waals surface area contributed by atoms with Crippen LogP contribution in [0.25, 0.3) is 0 Å². The molecule has 0 radical (unpaired) electrons. The Morgan fingerprint density at radius 1 is 1.21 bits per heavy atom. The van der Waals surface area contributed by atoms with Crippen molar-refractivity contribution in [3.05, 3.63) is 29.3 Å². The second kappa shape index (κ2) is 5.74. The van der Waals surface area contributed by atoms with E-state index in [1.807, 2.05) is 6.07 Å². The van der Waals surface area contributed by atoms with Gasteiger partial charge in [0.05, 0.1) is 0 Å². The Kier molecular flexibility index (Phi) is 3.83. The normalized spacial score (nSPS) is 22.0. The molecular weight excluding hydrogens is 236 g/mol. The first-order valence-electron chi connectivity index (χ1n) is 7.46. The highest BCUT2D eigenvalue weighted by molar-refractivity contribution is 5.91. The maximum absolute atomic E-state index is 12.0. The molecule has 2 aliphatic rings. The van der Waals surface area contributed by atoms with E-state index in [0.29, 0.717) is 12.5 Å². The van der Waals surface area contributed by atoms with Crippen LogP contribution >= 0.6 is 0 Å². The predicted molar refractivity (Wildman–Crippen MR) is 77.4 cm³/mol. The minimum absolute atomic E-state index is 0.134. The average Bonchev–Trinajstić information content (AvgIpc) is 2.91. The van der Waals surface area contributed by atoms with Gasteiger partial charge in [0.15, 0.2) is 0 Å². The van der Waals surface area contributed by atoms with Gasteiger partial charge in [0.2, 0.25) is 5.91 Å². The minimum atomic E-state index is 0.134. The molecule has 1 aliphatic heterocycles. The van der Waals surface area contributed by atoms with E-state index in [4.69, 9.17) is 0 Å². The Bertz CT molecular complexity index is 464. The molecule has 3 rings (SSSR count). The second-order valence-corrected chi connectivity index (χ2v) is 5.74. The van der Waals surface area contributed by atoms with Gasteiger partial charge in [0.25, 0.3) is 0 Å². The minimum Gasteiger partial charge on any atom is -0.326 e. The standard InChI is InChI=1S/C16H22N2O/c19-16(11-14-6-3-9-17-14)18-15-8-7-12-4-1-2-5-13(12)10-15/h7-8,10,14,17H,1-6,9,11H2,(H,18,19). The Morgan fingerprint density at radius 2 is 2.05 bits per heavy atom. The van der Waals surface area contributed by atoms with Crippen LogP contribution < -0.4 is 10.6 Å². The van der Waals surface area contributed by atoms with Gasteiger partial charge >= 0.3 is 0 Å². The van der Waals surface area contributed by atoms with Crippen LogP contribution in [0.1, 0.15) is 43.2 Å². The van der Waals surface area contributed by atoms with Crippen molar-refractivity contribution in [1.29, 1.82) is 0 Å². The lowest BCUT2D eigenvalue weighted by atomic mass is 9.91. The summed E-state index contributed by atoms with van der Waals surface area (Å²) in [7, 11) is 0. The van der Waals surface area contributed by atoms with Gasteiger partial charge < -0.3 is 10.6 Å².